The quantitative estimate of drug-likeness (QED) is 0.861. The summed E-state index contributed by atoms with van der Waals surface area (Å²) >= 11 is 0. The van der Waals surface area contributed by atoms with Gasteiger partial charge in [0.05, 0.1) is 5.56 Å². The van der Waals surface area contributed by atoms with Crippen LogP contribution >= 0.6 is 0 Å². The summed E-state index contributed by atoms with van der Waals surface area (Å²) in [6, 6.07) is 7.60. The minimum absolute atomic E-state index is 0.371. The number of carbonyl (C=O) groups is 1. The standard InChI is InChI=1S/C16H23NO2/c1-11(2)12-7-3-5-9-14(12)17-15-10-6-4-8-13(15)16(18)19/h4,6,8,10-12,14,17H,3,5,7,9H2,1-2H3,(H,18,19). The molecule has 1 aliphatic carbocycles. The molecule has 19 heavy (non-hydrogen) atoms. The lowest BCUT2D eigenvalue weighted by Gasteiger charge is -2.35. The van der Waals surface area contributed by atoms with E-state index in [1.165, 1.54) is 19.3 Å². The van der Waals surface area contributed by atoms with Crippen LogP contribution in [0.2, 0.25) is 0 Å². The van der Waals surface area contributed by atoms with Crippen molar-refractivity contribution in [2.24, 2.45) is 11.8 Å². The highest BCUT2D eigenvalue weighted by Crippen LogP contribution is 2.32. The summed E-state index contributed by atoms with van der Waals surface area (Å²) in [6.45, 7) is 4.52. The number of carboxylic acids is 1. The summed E-state index contributed by atoms with van der Waals surface area (Å²) in [7, 11) is 0. The molecule has 1 aromatic carbocycles. The van der Waals surface area contributed by atoms with Gasteiger partial charge in [0.25, 0.3) is 0 Å². The molecule has 1 aliphatic rings. The number of para-hydroxylation sites is 1. The minimum atomic E-state index is -0.861. The average molecular weight is 261 g/mol. The Morgan fingerprint density at radius 2 is 1.95 bits per heavy atom. The van der Waals surface area contributed by atoms with Crippen molar-refractivity contribution in [1.29, 1.82) is 0 Å². The molecule has 0 saturated heterocycles. The lowest BCUT2D eigenvalue weighted by atomic mass is 9.77. The molecule has 1 saturated carbocycles. The Morgan fingerprint density at radius 3 is 2.63 bits per heavy atom. The van der Waals surface area contributed by atoms with Gasteiger partial charge >= 0.3 is 5.97 Å². The largest absolute Gasteiger partial charge is 0.478 e. The molecule has 104 valence electrons. The Balaban J connectivity index is 2.17. The first kappa shape index (κ1) is 13.9. The molecule has 0 spiro atoms. The van der Waals surface area contributed by atoms with Gasteiger partial charge < -0.3 is 10.4 Å². The monoisotopic (exact) mass is 261 g/mol. The third-order valence-electron chi connectivity index (χ3n) is 4.17. The average Bonchev–Trinajstić information content (AvgIpc) is 2.39. The maximum atomic E-state index is 11.2. The lowest BCUT2D eigenvalue weighted by molar-refractivity contribution is 0.0698. The van der Waals surface area contributed by atoms with E-state index in [1.807, 2.05) is 12.1 Å². The molecule has 2 unspecified atom stereocenters. The first-order valence-corrected chi connectivity index (χ1v) is 7.18. The predicted octanol–water partition coefficient (Wildman–Crippen LogP) is 4.01. The normalized spacial score (nSPS) is 23.3. The summed E-state index contributed by atoms with van der Waals surface area (Å²) in [6.07, 6.45) is 4.90. The molecule has 0 amide bonds. The van der Waals surface area contributed by atoms with Crippen molar-refractivity contribution in [1.82, 2.24) is 0 Å². The Bertz CT molecular complexity index is 442. The van der Waals surface area contributed by atoms with Gasteiger partial charge in [0.15, 0.2) is 0 Å². The lowest BCUT2D eigenvalue weighted by Crippen LogP contribution is -2.35. The van der Waals surface area contributed by atoms with Gasteiger partial charge in [0, 0.05) is 11.7 Å². The van der Waals surface area contributed by atoms with E-state index in [1.54, 1.807) is 12.1 Å². The van der Waals surface area contributed by atoms with Crippen molar-refractivity contribution in [3.05, 3.63) is 29.8 Å². The van der Waals surface area contributed by atoms with Crippen molar-refractivity contribution in [2.45, 2.75) is 45.6 Å². The molecule has 3 heteroatoms. The Hall–Kier alpha value is -1.51. The SMILES string of the molecule is CC(C)C1CCCCC1Nc1ccccc1C(=O)O. The fourth-order valence-corrected chi connectivity index (χ4v) is 3.13. The highest BCUT2D eigenvalue weighted by Gasteiger charge is 2.28. The second-order valence-corrected chi connectivity index (χ2v) is 5.79. The second kappa shape index (κ2) is 6.09. The fourth-order valence-electron chi connectivity index (χ4n) is 3.13. The Labute approximate surface area is 115 Å². The summed E-state index contributed by atoms with van der Waals surface area (Å²) in [5, 5.41) is 12.7. The van der Waals surface area contributed by atoms with E-state index in [4.69, 9.17) is 0 Å². The van der Waals surface area contributed by atoms with Gasteiger partial charge in [-0.2, -0.15) is 0 Å². The summed E-state index contributed by atoms with van der Waals surface area (Å²) < 4.78 is 0. The number of rotatable bonds is 4. The molecule has 1 fully saturated rings. The Morgan fingerprint density at radius 1 is 1.26 bits per heavy atom. The van der Waals surface area contributed by atoms with Gasteiger partial charge in [-0.15, -0.1) is 0 Å². The van der Waals surface area contributed by atoms with Gasteiger partial charge in [-0.25, -0.2) is 4.79 Å². The van der Waals surface area contributed by atoms with Gasteiger partial charge in [0.2, 0.25) is 0 Å². The molecule has 2 N–H and O–H groups in total. The van der Waals surface area contributed by atoms with Gasteiger partial charge in [-0.3, -0.25) is 0 Å². The number of carboxylic acid groups (broad SMARTS) is 1. The van der Waals surface area contributed by atoms with Crippen molar-refractivity contribution in [3.8, 4) is 0 Å². The first-order chi connectivity index (χ1) is 9.09. The zero-order valence-electron chi connectivity index (χ0n) is 11.7. The van der Waals surface area contributed by atoms with E-state index in [0.29, 0.717) is 23.4 Å². The van der Waals surface area contributed by atoms with Gasteiger partial charge in [-0.1, -0.05) is 38.8 Å². The fraction of sp³-hybridized carbons (Fsp3) is 0.562. The van der Waals surface area contributed by atoms with Crippen LogP contribution in [-0.4, -0.2) is 17.1 Å². The van der Waals surface area contributed by atoms with E-state index in [0.717, 1.165) is 12.1 Å². The van der Waals surface area contributed by atoms with Crippen LogP contribution in [0.15, 0.2) is 24.3 Å². The van der Waals surface area contributed by atoms with E-state index in [2.05, 4.69) is 19.2 Å². The molecular formula is C16H23NO2. The molecular weight excluding hydrogens is 238 g/mol. The molecule has 0 radical (unpaired) electrons. The maximum Gasteiger partial charge on any atom is 0.337 e. The van der Waals surface area contributed by atoms with Crippen molar-refractivity contribution < 1.29 is 9.90 Å². The molecule has 0 aromatic heterocycles. The zero-order valence-corrected chi connectivity index (χ0v) is 11.7. The number of hydrogen-bond donors (Lipinski definition) is 2. The number of hydrogen-bond acceptors (Lipinski definition) is 2. The highest BCUT2D eigenvalue weighted by molar-refractivity contribution is 5.94. The molecule has 2 atom stereocenters. The molecule has 1 aromatic rings. The van der Waals surface area contributed by atoms with Crippen LogP contribution in [0.5, 0.6) is 0 Å². The summed E-state index contributed by atoms with van der Waals surface area (Å²) in [5.74, 6) is 0.408. The number of anilines is 1. The predicted molar refractivity (Wildman–Crippen MR) is 77.6 cm³/mol. The first-order valence-electron chi connectivity index (χ1n) is 7.18. The second-order valence-electron chi connectivity index (χ2n) is 5.79. The minimum Gasteiger partial charge on any atom is -0.478 e. The van der Waals surface area contributed by atoms with Gasteiger partial charge in [0.1, 0.15) is 0 Å². The van der Waals surface area contributed by atoms with Crippen molar-refractivity contribution >= 4 is 11.7 Å². The van der Waals surface area contributed by atoms with Crippen molar-refractivity contribution in [3.63, 3.8) is 0 Å². The number of nitrogens with one attached hydrogen (secondary N) is 1. The summed E-state index contributed by atoms with van der Waals surface area (Å²) in [4.78, 5) is 11.2. The topological polar surface area (TPSA) is 49.3 Å². The van der Waals surface area contributed by atoms with Crippen LogP contribution in [-0.2, 0) is 0 Å². The zero-order chi connectivity index (χ0) is 13.8. The molecule has 0 bridgehead atoms. The number of benzene rings is 1. The molecule has 0 aliphatic heterocycles. The van der Waals surface area contributed by atoms with Gasteiger partial charge in [-0.05, 0) is 36.8 Å². The van der Waals surface area contributed by atoms with Crippen LogP contribution in [0.1, 0.15) is 49.9 Å². The van der Waals surface area contributed by atoms with Crippen LogP contribution in [0.25, 0.3) is 0 Å². The summed E-state index contributed by atoms with van der Waals surface area (Å²) in [5.41, 5.74) is 1.13. The molecule has 3 nitrogen and oxygen atoms in total. The third kappa shape index (κ3) is 3.28. The van der Waals surface area contributed by atoms with E-state index < -0.39 is 5.97 Å². The van der Waals surface area contributed by atoms with E-state index in [9.17, 15) is 9.90 Å². The third-order valence-corrected chi connectivity index (χ3v) is 4.17. The molecule has 0 heterocycles. The van der Waals surface area contributed by atoms with E-state index >= 15 is 0 Å². The van der Waals surface area contributed by atoms with Crippen LogP contribution < -0.4 is 5.32 Å². The van der Waals surface area contributed by atoms with E-state index in [-0.39, 0.29) is 0 Å². The smallest absolute Gasteiger partial charge is 0.337 e. The Kier molecular flexibility index (Phi) is 4.46. The molecule has 2 rings (SSSR count). The highest BCUT2D eigenvalue weighted by atomic mass is 16.4. The van der Waals surface area contributed by atoms with Crippen molar-refractivity contribution in [2.75, 3.05) is 5.32 Å². The number of aromatic carboxylic acids is 1. The maximum absolute atomic E-state index is 11.2. The van der Waals surface area contributed by atoms with Crippen LogP contribution in [0, 0.1) is 11.8 Å². The van der Waals surface area contributed by atoms with Crippen LogP contribution in [0.4, 0.5) is 5.69 Å². The van der Waals surface area contributed by atoms with Crippen LogP contribution in [0.3, 0.4) is 0 Å².